The zero-order valence-electron chi connectivity index (χ0n) is 7.09. The van der Waals surface area contributed by atoms with Crippen LogP contribution in [-0.4, -0.2) is 6.54 Å². The van der Waals surface area contributed by atoms with Gasteiger partial charge in [0, 0.05) is 0 Å². The van der Waals surface area contributed by atoms with E-state index in [1.165, 1.54) is 5.57 Å². The molecule has 0 bridgehead atoms. The smallest absolute Gasteiger partial charge is 0.0932 e. The Morgan fingerprint density at radius 1 is 1.36 bits per heavy atom. The SMILES string of the molecule is C=C/C=C/C=C\C(C)=C\C[NH3+]. The highest BCUT2D eigenvalue weighted by molar-refractivity contribution is 5.21. The molecule has 0 aliphatic heterocycles. The minimum Gasteiger partial charge on any atom is -0.354 e. The molecular weight excluding hydrogens is 134 g/mol. The third-order valence-corrected chi connectivity index (χ3v) is 1.18. The van der Waals surface area contributed by atoms with Gasteiger partial charge in [-0.2, -0.15) is 0 Å². The molecule has 0 aliphatic carbocycles. The van der Waals surface area contributed by atoms with Crippen molar-refractivity contribution in [3.05, 3.63) is 48.6 Å². The molecule has 0 aromatic carbocycles. The van der Waals surface area contributed by atoms with Gasteiger partial charge in [0.05, 0.1) is 6.54 Å². The molecule has 1 heteroatoms. The molecule has 0 heterocycles. The van der Waals surface area contributed by atoms with Crippen LogP contribution < -0.4 is 5.73 Å². The summed E-state index contributed by atoms with van der Waals surface area (Å²) in [6.07, 6.45) is 11.7. The van der Waals surface area contributed by atoms with Gasteiger partial charge < -0.3 is 5.73 Å². The Labute approximate surface area is 68.6 Å². The van der Waals surface area contributed by atoms with Crippen molar-refractivity contribution in [2.45, 2.75) is 6.92 Å². The van der Waals surface area contributed by atoms with Gasteiger partial charge in [0.1, 0.15) is 0 Å². The van der Waals surface area contributed by atoms with Crippen molar-refractivity contribution in [1.82, 2.24) is 0 Å². The van der Waals surface area contributed by atoms with Crippen LogP contribution in [0.3, 0.4) is 0 Å². The maximum Gasteiger partial charge on any atom is 0.0932 e. The first-order valence-electron chi connectivity index (χ1n) is 3.73. The van der Waals surface area contributed by atoms with Crippen LogP contribution in [-0.2, 0) is 0 Å². The molecule has 0 rings (SSSR count). The maximum atomic E-state index is 3.73. The minimum atomic E-state index is 0.849. The highest BCUT2D eigenvalue weighted by atomic mass is 14.5. The van der Waals surface area contributed by atoms with Crippen molar-refractivity contribution < 1.29 is 5.73 Å². The fraction of sp³-hybridized carbons (Fsp3) is 0.200. The minimum absolute atomic E-state index is 0.849. The van der Waals surface area contributed by atoms with E-state index in [-0.39, 0.29) is 0 Å². The van der Waals surface area contributed by atoms with Gasteiger partial charge in [-0.25, -0.2) is 0 Å². The lowest BCUT2D eigenvalue weighted by atomic mass is 10.2. The molecule has 0 aromatic heterocycles. The highest BCUT2D eigenvalue weighted by Gasteiger charge is 1.77. The first-order valence-corrected chi connectivity index (χ1v) is 3.73. The second kappa shape index (κ2) is 7.03. The van der Waals surface area contributed by atoms with Crippen LogP contribution in [0.25, 0.3) is 0 Å². The number of rotatable bonds is 4. The fourth-order valence-corrected chi connectivity index (χ4v) is 0.646. The fourth-order valence-electron chi connectivity index (χ4n) is 0.646. The topological polar surface area (TPSA) is 27.6 Å². The predicted molar refractivity (Wildman–Crippen MR) is 50.0 cm³/mol. The summed E-state index contributed by atoms with van der Waals surface area (Å²) in [5.41, 5.74) is 4.97. The second-order valence-electron chi connectivity index (χ2n) is 2.22. The Morgan fingerprint density at radius 3 is 2.64 bits per heavy atom. The normalized spacial score (nSPS) is 13.1. The third kappa shape index (κ3) is 6.81. The first-order chi connectivity index (χ1) is 5.31. The van der Waals surface area contributed by atoms with E-state index in [0.29, 0.717) is 0 Å². The molecule has 3 N–H and O–H groups in total. The van der Waals surface area contributed by atoms with E-state index in [9.17, 15) is 0 Å². The number of quaternary nitrogens is 1. The first kappa shape index (κ1) is 9.92. The summed E-state index contributed by atoms with van der Waals surface area (Å²) < 4.78 is 0. The second-order valence-corrected chi connectivity index (χ2v) is 2.22. The van der Waals surface area contributed by atoms with Gasteiger partial charge in [-0.05, 0) is 18.6 Å². The van der Waals surface area contributed by atoms with E-state index >= 15 is 0 Å². The van der Waals surface area contributed by atoms with Gasteiger partial charge in [0.2, 0.25) is 0 Å². The summed E-state index contributed by atoms with van der Waals surface area (Å²) in [5, 5.41) is 0. The Morgan fingerprint density at radius 2 is 2.09 bits per heavy atom. The Kier molecular flexibility index (Phi) is 6.34. The molecule has 0 saturated heterocycles. The molecule has 0 fully saturated rings. The van der Waals surface area contributed by atoms with Crippen molar-refractivity contribution >= 4 is 0 Å². The van der Waals surface area contributed by atoms with Crippen molar-refractivity contribution in [3.8, 4) is 0 Å². The van der Waals surface area contributed by atoms with Gasteiger partial charge in [-0.3, -0.25) is 0 Å². The van der Waals surface area contributed by atoms with Gasteiger partial charge >= 0.3 is 0 Å². The monoisotopic (exact) mass is 150 g/mol. The van der Waals surface area contributed by atoms with Gasteiger partial charge in [-0.1, -0.05) is 37.0 Å². The largest absolute Gasteiger partial charge is 0.354 e. The van der Waals surface area contributed by atoms with E-state index in [0.717, 1.165) is 6.54 Å². The third-order valence-electron chi connectivity index (χ3n) is 1.18. The van der Waals surface area contributed by atoms with Gasteiger partial charge in [-0.15, -0.1) is 0 Å². The van der Waals surface area contributed by atoms with Crippen LogP contribution in [0.2, 0.25) is 0 Å². The highest BCUT2D eigenvalue weighted by Crippen LogP contribution is 1.92. The van der Waals surface area contributed by atoms with E-state index in [1.807, 2.05) is 24.3 Å². The molecule has 0 amide bonds. The molecule has 0 unspecified atom stereocenters. The van der Waals surface area contributed by atoms with Crippen LogP contribution in [0.15, 0.2) is 48.6 Å². The summed E-state index contributed by atoms with van der Waals surface area (Å²) in [5.74, 6) is 0. The summed E-state index contributed by atoms with van der Waals surface area (Å²) >= 11 is 0. The molecule has 0 aromatic rings. The zero-order chi connectivity index (χ0) is 8.53. The average molecular weight is 150 g/mol. The lowest BCUT2D eigenvalue weighted by Gasteiger charge is -1.85. The Bertz CT molecular complexity index is 185. The number of hydrogen-bond donors (Lipinski definition) is 1. The molecule has 0 radical (unpaired) electrons. The Hall–Kier alpha value is -1.08. The van der Waals surface area contributed by atoms with E-state index in [2.05, 4.69) is 25.3 Å². The van der Waals surface area contributed by atoms with Crippen LogP contribution in [0, 0.1) is 0 Å². The van der Waals surface area contributed by atoms with Crippen LogP contribution in [0.1, 0.15) is 6.92 Å². The molecular formula is C10H16N+. The Balaban J connectivity index is 3.82. The van der Waals surface area contributed by atoms with E-state index < -0.39 is 0 Å². The van der Waals surface area contributed by atoms with Crippen molar-refractivity contribution in [2.24, 2.45) is 0 Å². The lowest BCUT2D eigenvalue weighted by Crippen LogP contribution is -2.49. The lowest BCUT2D eigenvalue weighted by molar-refractivity contribution is -0.352. The predicted octanol–water partition coefficient (Wildman–Crippen LogP) is 1.47. The van der Waals surface area contributed by atoms with Crippen molar-refractivity contribution in [2.75, 3.05) is 6.54 Å². The van der Waals surface area contributed by atoms with Crippen molar-refractivity contribution in [1.29, 1.82) is 0 Å². The van der Waals surface area contributed by atoms with E-state index in [1.54, 1.807) is 6.08 Å². The zero-order valence-corrected chi connectivity index (χ0v) is 7.09. The quantitative estimate of drug-likeness (QED) is 0.588. The van der Waals surface area contributed by atoms with Crippen LogP contribution in [0.4, 0.5) is 0 Å². The van der Waals surface area contributed by atoms with Crippen LogP contribution >= 0.6 is 0 Å². The average Bonchev–Trinajstić information content (AvgIpc) is 1.99. The van der Waals surface area contributed by atoms with Crippen LogP contribution in [0.5, 0.6) is 0 Å². The summed E-state index contributed by atoms with van der Waals surface area (Å²) in [4.78, 5) is 0. The van der Waals surface area contributed by atoms with Gasteiger partial charge in [0.15, 0.2) is 0 Å². The van der Waals surface area contributed by atoms with E-state index in [4.69, 9.17) is 0 Å². The molecule has 0 saturated carbocycles. The maximum absolute atomic E-state index is 3.73. The standard InChI is InChI=1S/C10H15N/c1-3-4-5-6-7-10(2)8-9-11/h3-8H,1,9,11H2,2H3/p+1/b5-4+,7-6-,10-8+. The van der Waals surface area contributed by atoms with Gasteiger partial charge in [0.25, 0.3) is 0 Å². The number of allylic oxidation sites excluding steroid dienone is 6. The summed E-state index contributed by atoms with van der Waals surface area (Å²) in [6, 6.07) is 0. The number of hydrogen-bond acceptors (Lipinski definition) is 0. The molecule has 1 nitrogen and oxygen atoms in total. The molecule has 0 aliphatic rings. The summed E-state index contributed by atoms with van der Waals surface area (Å²) in [7, 11) is 0. The molecule has 11 heavy (non-hydrogen) atoms. The molecule has 0 spiro atoms. The molecule has 0 atom stereocenters. The molecule has 60 valence electrons. The van der Waals surface area contributed by atoms with Crippen molar-refractivity contribution in [3.63, 3.8) is 0 Å². The summed E-state index contributed by atoms with van der Waals surface area (Å²) in [6.45, 7) is 6.48.